The van der Waals surface area contributed by atoms with E-state index in [2.05, 4.69) is 176 Å². The van der Waals surface area contributed by atoms with E-state index in [0.717, 1.165) is 13.1 Å². The molecule has 0 aliphatic rings. The number of nitrogens with zero attached hydrogens (tertiary/aromatic N) is 6. The lowest BCUT2D eigenvalue weighted by molar-refractivity contribution is -0.702. The highest BCUT2D eigenvalue weighted by molar-refractivity contribution is 5.61. The van der Waals surface area contributed by atoms with Crippen LogP contribution >= 0.6 is 0 Å². The second-order valence-corrected chi connectivity index (χ2v) is 11.1. The van der Waals surface area contributed by atoms with Gasteiger partial charge in [0.25, 0.3) is 11.4 Å². The van der Waals surface area contributed by atoms with Gasteiger partial charge in [-0.25, -0.2) is 18.3 Å². The Kier molecular flexibility index (Phi) is 7.60. The number of aromatic nitrogens is 6. The Morgan fingerprint density at radius 1 is 0.381 bits per heavy atom. The van der Waals surface area contributed by atoms with Crippen LogP contribution in [0.3, 0.4) is 0 Å². The van der Waals surface area contributed by atoms with Crippen molar-refractivity contribution in [2.24, 2.45) is 28.2 Å². The Morgan fingerprint density at radius 2 is 0.690 bits per heavy atom. The van der Waals surface area contributed by atoms with Gasteiger partial charge in [-0.2, -0.15) is 9.13 Å². The Bertz CT molecular complexity index is 1690. The Labute approximate surface area is 247 Å². The predicted octanol–water partition coefficient (Wildman–Crippen LogP) is 2.66. The second kappa shape index (κ2) is 11.8. The van der Waals surface area contributed by atoms with Gasteiger partial charge < -0.3 is 0 Å². The van der Waals surface area contributed by atoms with Crippen molar-refractivity contribution in [1.29, 1.82) is 0 Å². The molecule has 0 fully saturated rings. The van der Waals surface area contributed by atoms with E-state index in [1.165, 1.54) is 44.8 Å². The smallest absolute Gasteiger partial charge is 0.208 e. The highest BCUT2D eigenvalue weighted by Gasteiger charge is 2.21. The average Bonchev–Trinajstić information content (AvgIpc) is 3.00. The zero-order chi connectivity index (χ0) is 29.1. The molecule has 0 N–H and O–H groups in total. The minimum atomic E-state index is 0.822. The first kappa shape index (κ1) is 27.1. The van der Waals surface area contributed by atoms with E-state index in [0.29, 0.717) is 0 Å². The minimum Gasteiger partial charge on any atom is -0.208 e. The lowest BCUT2D eigenvalue weighted by atomic mass is 10.1. The molecule has 6 aromatic rings. The van der Waals surface area contributed by atoms with Gasteiger partial charge in [0.2, 0.25) is 0 Å². The second-order valence-electron chi connectivity index (χ2n) is 11.1. The molecule has 0 aliphatic carbocycles. The Balaban J connectivity index is 1.13. The highest BCUT2D eigenvalue weighted by atomic mass is 15.0. The molecule has 6 heterocycles. The summed E-state index contributed by atoms with van der Waals surface area (Å²) in [6.45, 7) is 1.64. The summed E-state index contributed by atoms with van der Waals surface area (Å²) in [6, 6.07) is 26.2. The normalized spacial score (nSPS) is 11.0. The van der Waals surface area contributed by atoms with E-state index >= 15 is 0 Å². The van der Waals surface area contributed by atoms with E-state index in [1.54, 1.807) is 0 Å². The molecule has 0 amide bonds. The number of hydrogen-bond acceptors (Lipinski definition) is 0. The van der Waals surface area contributed by atoms with Gasteiger partial charge in [0.05, 0.1) is 11.1 Å². The van der Waals surface area contributed by atoms with Crippen molar-refractivity contribution in [3.8, 4) is 33.6 Å². The molecule has 0 spiro atoms. The molecule has 0 bridgehead atoms. The van der Waals surface area contributed by atoms with Crippen LogP contribution < -0.4 is 27.4 Å². The van der Waals surface area contributed by atoms with Crippen molar-refractivity contribution < 1.29 is 27.4 Å². The van der Waals surface area contributed by atoms with E-state index in [1.807, 2.05) is 14.1 Å². The molecule has 0 saturated carbocycles. The standard InChI is InChI=1S/C36H38N6/c1-37-17-9-31(10-18-37)33-13-21-41(22-14-33)27-29-5-7-35(39(3)25-29)36-8-6-30(26-40(36)4)28-42-23-15-34(16-24-42)32-11-19-38(2)20-12-32/h5-26H,27-28H2,1-4H3/q+6. The molecule has 6 aromatic heterocycles. The summed E-state index contributed by atoms with van der Waals surface area (Å²) in [4.78, 5) is 0. The average molecular weight is 555 g/mol. The molecule has 6 rings (SSSR count). The fourth-order valence-corrected chi connectivity index (χ4v) is 5.37. The van der Waals surface area contributed by atoms with Gasteiger partial charge in [-0.3, -0.25) is 0 Å². The van der Waals surface area contributed by atoms with Crippen LogP contribution in [0.1, 0.15) is 11.1 Å². The van der Waals surface area contributed by atoms with Crippen molar-refractivity contribution in [2.75, 3.05) is 0 Å². The first-order valence-corrected chi connectivity index (χ1v) is 14.3. The van der Waals surface area contributed by atoms with Crippen molar-refractivity contribution in [3.63, 3.8) is 0 Å². The molecule has 0 radical (unpaired) electrons. The van der Waals surface area contributed by atoms with Crippen molar-refractivity contribution in [1.82, 2.24) is 0 Å². The lowest BCUT2D eigenvalue weighted by Gasteiger charge is -2.04. The summed E-state index contributed by atoms with van der Waals surface area (Å²) in [5, 5.41) is 0. The SMILES string of the molecule is C[n+]1ccc(-c2cc[n+](Cc3ccc(-c4ccc(C[n+]5ccc(-c6cc[n+](C)cc6)cc5)c[n+]4C)[n+](C)c3)cc2)cc1. The van der Waals surface area contributed by atoms with E-state index in [-0.39, 0.29) is 0 Å². The summed E-state index contributed by atoms with van der Waals surface area (Å²) in [6.07, 6.45) is 21.4. The topological polar surface area (TPSA) is 23.3 Å². The molecular weight excluding hydrogens is 516 g/mol. The van der Waals surface area contributed by atoms with Gasteiger partial charge in [-0.05, 0) is 34.4 Å². The fraction of sp³-hybridized carbons (Fsp3) is 0.167. The molecule has 0 aliphatic heterocycles. The summed E-state index contributed by atoms with van der Waals surface area (Å²) in [7, 11) is 8.32. The van der Waals surface area contributed by atoms with Crippen molar-refractivity contribution in [3.05, 3.63) is 146 Å². The van der Waals surface area contributed by atoms with Crippen LogP contribution in [0.5, 0.6) is 0 Å². The third-order valence-electron chi connectivity index (χ3n) is 7.79. The molecule has 0 unspecified atom stereocenters. The number of hydrogen-bond donors (Lipinski definition) is 0. The van der Waals surface area contributed by atoms with Gasteiger partial charge in [0.15, 0.2) is 75.1 Å². The molecule has 0 saturated heterocycles. The predicted molar refractivity (Wildman–Crippen MR) is 159 cm³/mol. The van der Waals surface area contributed by atoms with E-state index < -0.39 is 0 Å². The molecule has 0 aromatic carbocycles. The number of rotatable bonds is 7. The van der Waals surface area contributed by atoms with Crippen molar-refractivity contribution >= 4 is 0 Å². The Hall–Kier alpha value is -5.10. The third-order valence-corrected chi connectivity index (χ3v) is 7.79. The molecular formula is C36H38N6+6. The molecule has 0 atom stereocenters. The fourth-order valence-electron chi connectivity index (χ4n) is 5.37. The van der Waals surface area contributed by atoms with Crippen LogP contribution in [0.25, 0.3) is 33.6 Å². The summed E-state index contributed by atoms with van der Waals surface area (Å²) in [5.74, 6) is 0. The van der Waals surface area contributed by atoms with Gasteiger partial charge in [-0.1, -0.05) is 0 Å². The molecule has 6 nitrogen and oxygen atoms in total. The summed E-state index contributed by atoms with van der Waals surface area (Å²) in [5.41, 5.74) is 9.77. The van der Waals surface area contributed by atoms with Crippen LogP contribution in [-0.2, 0) is 41.3 Å². The van der Waals surface area contributed by atoms with Crippen LogP contribution in [0.15, 0.2) is 135 Å². The van der Waals surface area contributed by atoms with E-state index in [9.17, 15) is 0 Å². The molecule has 6 heteroatoms. The maximum absolute atomic E-state index is 2.23. The zero-order valence-electron chi connectivity index (χ0n) is 24.8. The van der Waals surface area contributed by atoms with Gasteiger partial charge >= 0.3 is 0 Å². The highest BCUT2D eigenvalue weighted by Crippen LogP contribution is 2.17. The van der Waals surface area contributed by atoms with Crippen molar-refractivity contribution in [2.45, 2.75) is 13.1 Å². The first-order valence-electron chi connectivity index (χ1n) is 14.3. The maximum atomic E-state index is 2.23. The van der Waals surface area contributed by atoms with E-state index in [4.69, 9.17) is 0 Å². The Morgan fingerprint density at radius 3 is 1.00 bits per heavy atom. The van der Waals surface area contributed by atoms with Gasteiger partial charge in [0.1, 0.15) is 28.2 Å². The van der Waals surface area contributed by atoms with Crippen LogP contribution in [0, 0.1) is 0 Å². The number of pyridine rings is 6. The first-order chi connectivity index (χ1) is 20.4. The summed E-state index contributed by atoms with van der Waals surface area (Å²) < 4.78 is 13.0. The van der Waals surface area contributed by atoms with Gasteiger partial charge in [0, 0.05) is 60.7 Å². The van der Waals surface area contributed by atoms with Crippen LogP contribution in [0.2, 0.25) is 0 Å². The minimum absolute atomic E-state index is 0.822. The quantitative estimate of drug-likeness (QED) is 0.271. The maximum Gasteiger partial charge on any atom is 0.277 e. The zero-order valence-corrected chi connectivity index (χ0v) is 24.8. The van der Waals surface area contributed by atoms with Crippen LogP contribution in [0.4, 0.5) is 0 Å². The lowest BCUT2D eigenvalue weighted by Crippen LogP contribution is -2.41. The van der Waals surface area contributed by atoms with Crippen LogP contribution in [-0.4, -0.2) is 0 Å². The molecule has 206 valence electrons. The monoisotopic (exact) mass is 554 g/mol. The summed E-state index contributed by atoms with van der Waals surface area (Å²) >= 11 is 0. The number of aryl methyl sites for hydroxylation is 4. The van der Waals surface area contributed by atoms with Gasteiger partial charge in [-0.15, -0.1) is 0 Å². The molecule has 42 heavy (non-hydrogen) atoms. The third kappa shape index (κ3) is 6.13. The largest absolute Gasteiger partial charge is 0.277 e.